The molecule has 164 valence electrons. The summed E-state index contributed by atoms with van der Waals surface area (Å²) in [5, 5.41) is 0. The van der Waals surface area contributed by atoms with E-state index in [1.54, 1.807) is 17.0 Å². The molecule has 0 saturated carbocycles. The van der Waals surface area contributed by atoms with E-state index in [2.05, 4.69) is 0 Å². The van der Waals surface area contributed by atoms with Gasteiger partial charge in [0.2, 0.25) is 5.91 Å². The Balaban J connectivity index is 1.34. The number of para-hydroxylation sites is 1. The van der Waals surface area contributed by atoms with Crippen molar-refractivity contribution >= 4 is 11.8 Å². The van der Waals surface area contributed by atoms with Crippen molar-refractivity contribution in [3.63, 3.8) is 0 Å². The van der Waals surface area contributed by atoms with Crippen molar-refractivity contribution in [2.24, 2.45) is 5.92 Å². The smallest absolute Gasteiger partial charge is 0.260 e. The zero-order valence-electron chi connectivity index (χ0n) is 17.7. The Bertz CT molecular complexity index is 1010. The van der Waals surface area contributed by atoms with Crippen molar-refractivity contribution in [3.8, 4) is 5.75 Å². The molecule has 1 aliphatic rings. The van der Waals surface area contributed by atoms with Gasteiger partial charge in [-0.1, -0.05) is 72.8 Å². The molecule has 1 heterocycles. The van der Waals surface area contributed by atoms with Gasteiger partial charge in [0.25, 0.3) is 5.91 Å². The summed E-state index contributed by atoms with van der Waals surface area (Å²) in [7, 11) is 0. The molecule has 1 fully saturated rings. The van der Waals surface area contributed by atoms with Gasteiger partial charge in [0, 0.05) is 26.2 Å². The van der Waals surface area contributed by atoms with E-state index in [-0.39, 0.29) is 30.1 Å². The topological polar surface area (TPSA) is 49.9 Å². The predicted octanol–water partition coefficient (Wildman–Crippen LogP) is 3.89. The van der Waals surface area contributed by atoms with Gasteiger partial charge in [-0.05, 0) is 23.3 Å². The first kappa shape index (κ1) is 21.6. The average molecular weight is 432 g/mol. The van der Waals surface area contributed by atoms with E-state index in [0.717, 1.165) is 11.1 Å². The molecule has 32 heavy (non-hydrogen) atoms. The van der Waals surface area contributed by atoms with Crippen molar-refractivity contribution in [1.82, 2.24) is 9.80 Å². The molecule has 0 N–H and O–H groups in total. The number of likely N-dealkylation sites (tertiary alicyclic amines) is 1. The molecule has 0 unspecified atom stereocenters. The lowest BCUT2D eigenvalue weighted by Gasteiger charge is -2.40. The normalized spacial score (nSPS) is 13.3. The Morgan fingerprint density at radius 1 is 0.844 bits per heavy atom. The van der Waals surface area contributed by atoms with Crippen molar-refractivity contribution < 1.29 is 18.7 Å². The lowest BCUT2D eigenvalue weighted by Crippen LogP contribution is -2.57. The second-order valence-corrected chi connectivity index (χ2v) is 7.88. The highest BCUT2D eigenvalue weighted by atomic mass is 19.1. The van der Waals surface area contributed by atoms with Crippen LogP contribution in [0.4, 0.5) is 4.39 Å². The molecule has 0 atom stereocenters. The Labute approximate surface area is 187 Å². The van der Waals surface area contributed by atoms with Crippen molar-refractivity contribution in [2.75, 3.05) is 19.7 Å². The second kappa shape index (κ2) is 10.1. The number of nitrogens with zero attached hydrogens (tertiary/aromatic N) is 2. The SMILES string of the molecule is O=C(COc1ccccc1F)N1CC(C(=O)N(Cc2ccccc2)Cc2ccccc2)C1. The van der Waals surface area contributed by atoms with Crippen LogP contribution in [0.15, 0.2) is 84.9 Å². The molecule has 0 spiro atoms. The van der Waals surface area contributed by atoms with Crippen LogP contribution in [0.5, 0.6) is 5.75 Å². The van der Waals surface area contributed by atoms with E-state index in [1.807, 2.05) is 65.6 Å². The van der Waals surface area contributed by atoms with Gasteiger partial charge in [-0.25, -0.2) is 4.39 Å². The number of carbonyl (C=O) groups excluding carboxylic acids is 2. The van der Waals surface area contributed by atoms with E-state index in [4.69, 9.17) is 4.74 Å². The minimum absolute atomic E-state index is 0.0248. The molecule has 3 aromatic rings. The molecule has 2 amide bonds. The van der Waals surface area contributed by atoms with E-state index in [1.165, 1.54) is 12.1 Å². The van der Waals surface area contributed by atoms with Gasteiger partial charge in [-0.2, -0.15) is 0 Å². The standard InChI is InChI=1S/C26H25FN2O3/c27-23-13-7-8-14-24(23)32-19-25(30)28-17-22(18-28)26(31)29(15-20-9-3-1-4-10-20)16-21-11-5-2-6-12-21/h1-14,22H,15-19H2. The number of amides is 2. The third-order valence-corrected chi connectivity index (χ3v) is 5.52. The fourth-order valence-corrected chi connectivity index (χ4v) is 3.71. The van der Waals surface area contributed by atoms with Gasteiger partial charge in [0.15, 0.2) is 18.2 Å². The lowest BCUT2D eigenvalue weighted by atomic mass is 9.97. The summed E-state index contributed by atoms with van der Waals surface area (Å²) in [6.07, 6.45) is 0. The minimum Gasteiger partial charge on any atom is -0.481 e. The fraction of sp³-hybridized carbons (Fsp3) is 0.231. The van der Waals surface area contributed by atoms with Gasteiger partial charge in [0.1, 0.15) is 0 Å². The number of ether oxygens (including phenoxy) is 1. The van der Waals surface area contributed by atoms with Gasteiger partial charge in [0.05, 0.1) is 5.92 Å². The molecule has 0 aromatic heterocycles. The van der Waals surface area contributed by atoms with Crippen LogP contribution < -0.4 is 4.74 Å². The molecular formula is C26H25FN2O3. The third-order valence-electron chi connectivity index (χ3n) is 5.52. The molecule has 3 aromatic carbocycles. The summed E-state index contributed by atoms with van der Waals surface area (Å²) in [6.45, 7) is 1.46. The maximum Gasteiger partial charge on any atom is 0.260 e. The molecule has 6 heteroatoms. The number of halogens is 1. The maximum atomic E-state index is 13.7. The molecule has 4 rings (SSSR count). The summed E-state index contributed by atoms with van der Waals surface area (Å²) >= 11 is 0. The van der Waals surface area contributed by atoms with Crippen molar-refractivity contribution in [1.29, 1.82) is 0 Å². The first-order chi connectivity index (χ1) is 15.6. The van der Waals surface area contributed by atoms with Crippen LogP contribution in [0.3, 0.4) is 0 Å². The van der Waals surface area contributed by atoms with Crippen molar-refractivity contribution in [2.45, 2.75) is 13.1 Å². The van der Waals surface area contributed by atoms with E-state index >= 15 is 0 Å². The Morgan fingerprint density at radius 2 is 1.38 bits per heavy atom. The van der Waals surface area contributed by atoms with Gasteiger partial charge >= 0.3 is 0 Å². The van der Waals surface area contributed by atoms with E-state index in [9.17, 15) is 14.0 Å². The molecule has 1 saturated heterocycles. The Hall–Kier alpha value is -3.67. The van der Waals surface area contributed by atoms with Crippen LogP contribution in [0.1, 0.15) is 11.1 Å². The van der Waals surface area contributed by atoms with Crippen molar-refractivity contribution in [3.05, 3.63) is 102 Å². The molecule has 0 radical (unpaired) electrons. The summed E-state index contributed by atoms with van der Waals surface area (Å²) in [4.78, 5) is 29.0. The lowest BCUT2D eigenvalue weighted by molar-refractivity contribution is -0.150. The largest absolute Gasteiger partial charge is 0.481 e. The summed E-state index contributed by atoms with van der Waals surface area (Å²) in [5.74, 6) is -0.938. The Kier molecular flexibility index (Phi) is 6.80. The number of rotatable bonds is 8. The van der Waals surface area contributed by atoms with Crippen LogP contribution in [0, 0.1) is 11.7 Å². The van der Waals surface area contributed by atoms with Crippen LogP contribution in [0.2, 0.25) is 0 Å². The van der Waals surface area contributed by atoms with Gasteiger partial charge < -0.3 is 14.5 Å². The number of benzene rings is 3. The third kappa shape index (κ3) is 5.32. The van der Waals surface area contributed by atoms with Crippen LogP contribution >= 0.6 is 0 Å². The minimum atomic E-state index is -0.505. The van der Waals surface area contributed by atoms with Crippen LogP contribution in [-0.4, -0.2) is 41.3 Å². The van der Waals surface area contributed by atoms with E-state index < -0.39 is 5.82 Å². The maximum absolute atomic E-state index is 13.7. The summed E-state index contributed by atoms with van der Waals surface area (Å²) in [6, 6.07) is 25.7. The van der Waals surface area contributed by atoms with Gasteiger partial charge in [-0.15, -0.1) is 0 Å². The number of hydrogen-bond acceptors (Lipinski definition) is 3. The zero-order valence-corrected chi connectivity index (χ0v) is 17.7. The molecule has 5 nitrogen and oxygen atoms in total. The number of carbonyl (C=O) groups is 2. The molecule has 0 bridgehead atoms. The highest BCUT2D eigenvalue weighted by Crippen LogP contribution is 2.22. The van der Waals surface area contributed by atoms with Crippen LogP contribution in [-0.2, 0) is 22.7 Å². The highest BCUT2D eigenvalue weighted by molar-refractivity contribution is 5.85. The monoisotopic (exact) mass is 432 g/mol. The first-order valence-corrected chi connectivity index (χ1v) is 10.6. The summed E-state index contributed by atoms with van der Waals surface area (Å²) < 4.78 is 18.9. The van der Waals surface area contributed by atoms with Gasteiger partial charge in [-0.3, -0.25) is 9.59 Å². The first-order valence-electron chi connectivity index (χ1n) is 10.6. The zero-order chi connectivity index (χ0) is 22.3. The highest BCUT2D eigenvalue weighted by Gasteiger charge is 2.38. The predicted molar refractivity (Wildman–Crippen MR) is 119 cm³/mol. The second-order valence-electron chi connectivity index (χ2n) is 7.88. The fourth-order valence-electron chi connectivity index (χ4n) is 3.71. The van der Waals surface area contributed by atoms with Crippen LogP contribution in [0.25, 0.3) is 0 Å². The molecule has 1 aliphatic heterocycles. The number of hydrogen-bond donors (Lipinski definition) is 0. The molecular weight excluding hydrogens is 407 g/mol. The average Bonchev–Trinajstić information content (AvgIpc) is 2.78. The Morgan fingerprint density at radius 3 is 1.94 bits per heavy atom. The van der Waals surface area contributed by atoms with E-state index in [0.29, 0.717) is 26.2 Å². The summed E-state index contributed by atoms with van der Waals surface area (Å²) in [5.41, 5.74) is 2.12. The molecule has 0 aliphatic carbocycles. The quantitative estimate of drug-likeness (QED) is 0.543.